The fraction of sp³-hybridized carbons (Fsp3) is 1.00. The molecule has 0 spiro atoms. The van der Waals surface area contributed by atoms with E-state index in [4.69, 9.17) is 11.6 Å². The number of rotatable bonds is 8. The summed E-state index contributed by atoms with van der Waals surface area (Å²) >= 11 is 5.69. The number of hydrogen-bond donors (Lipinski definition) is 0. The predicted molar refractivity (Wildman–Crippen MR) is 82.3 cm³/mol. The maximum absolute atomic E-state index is 12.5. The van der Waals surface area contributed by atoms with Gasteiger partial charge in [0, 0.05) is 18.5 Å². The van der Waals surface area contributed by atoms with Gasteiger partial charge in [0.05, 0.1) is 17.3 Å². The van der Waals surface area contributed by atoms with Crippen LogP contribution in [0.15, 0.2) is 0 Å². The predicted octanol–water partition coefficient (Wildman–Crippen LogP) is 1.48. The van der Waals surface area contributed by atoms with Crippen LogP contribution < -0.4 is 0 Å². The van der Waals surface area contributed by atoms with E-state index in [-0.39, 0.29) is 29.1 Å². The molecular formula is C12H24ClNO4S2. The van der Waals surface area contributed by atoms with Gasteiger partial charge in [0.25, 0.3) is 0 Å². The Morgan fingerprint density at radius 3 is 2.50 bits per heavy atom. The lowest BCUT2D eigenvalue weighted by Gasteiger charge is -2.28. The van der Waals surface area contributed by atoms with E-state index in [0.717, 1.165) is 12.8 Å². The highest BCUT2D eigenvalue weighted by Gasteiger charge is 2.37. The standard InChI is InChI=1S/C12H24ClNO4S2/c1-3-4-6-14(12-5-7-19(15,16)10-12)20(17,18)9-11(2)8-13/h11-12H,3-10H2,1-2H3. The van der Waals surface area contributed by atoms with Crippen LogP contribution in [0.4, 0.5) is 0 Å². The van der Waals surface area contributed by atoms with Crippen LogP contribution in [0.2, 0.25) is 0 Å². The minimum atomic E-state index is -3.46. The van der Waals surface area contributed by atoms with Crippen molar-refractivity contribution in [2.24, 2.45) is 5.92 Å². The second kappa shape index (κ2) is 7.42. The van der Waals surface area contributed by atoms with Crippen LogP contribution in [0.25, 0.3) is 0 Å². The van der Waals surface area contributed by atoms with Gasteiger partial charge in [-0.05, 0) is 18.8 Å². The lowest BCUT2D eigenvalue weighted by molar-refractivity contribution is 0.333. The van der Waals surface area contributed by atoms with Crippen molar-refractivity contribution in [2.75, 3.05) is 29.7 Å². The summed E-state index contributed by atoms with van der Waals surface area (Å²) in [7, 11) is -6.55. The lowest BCUT2D eigenvalue weighted by Crippen LogP contribution is -2.44. The average molecular weight is 346 g/mol. The van der Waals surface area contributed by atoms with Crippen LogP contribution in [0.3, 0.4) is 0 Å². The summed E-state index contributed by atoms with van der Waals surface area (Å²) in [4.78, 5) is 0. The number of sulfonamides is 1. The lowest BCUT2D eigenvalue weighted by atomic mass is 10.2. The highest BCUT2D eigenvalue weighted by atomic mass is 35.5. The van der Waals surface area contributed by atoms with Crippen molar-refractivity contribution in [1.82, 2.24) is 4.31 Å². The quantitative estimate of drug-likeness (QED) is 0.625. The Bertz CT molecular complexity index is 504. The normalized spacial score (nSPS) is 24.1. The molecule has 0 radical (unpaired) electrons. The molecular weight excluding hydrogens is 322 g/mol. The molecule has 0 bridgehead atoms. The first kappa shape index (κ1) is 18.2. The molecule has 0 aliphatic carbocycles. The maximum atomic E-state index is 12.5. The molecule has 0 saturated carbocycles. The Balaban J connectivity index is 2.89. The second-order valence-electron chi connectivity index (χ2n) is 5.56. The summed E-state index contributed by atoms with van der Waals surface area (Å²) in [6.45, 7) is 4.17. The zero-order valence-corrected chi connectivity index (χ0v) is 14.5. The van der Waals surface area contributed by atoms with Gasteiger partial charge in [-0.15, -0.1) is 11.6 Å². The Labute approximate surface area is 127 Å². The molecule has 0 aromatic carbocycles. The molecule has 120 valence electrons. The van der Waals surface area contributed by atoms with Crippen molar-refractivity contribution in [3.05, 3.63) is 0 Å². The smallest absolute Gasteiger partial charge is 0.214 e. The fourth-order valence-electron chi connectivity index (χ4n) is 2.37. The van der Waals surface area contributed by atoms with E-state index in [1.807, 2.05) is 6.92 Å². The zero-order chi connectivity index (χ0) is 15.4. The first-order chi connectivity index (χ1) is 9.22. The van der Waals surface area contributed by atoms with Crippen molar-refractivity contribution in [2.45, 2.75) is 39.2 Å². The van der Waals surface area contributed by atoms with E-state index in [0.29, 0.717) is 13.0 Å². The monoisotopic (exact) mass is 345 g/mol. The highest BCUT2D eigenvalue weighted by molar-refractivity contribution is 7.92. The van der Waals surface area contributed by atoms with Gasteiger partial charge in [0.15, 0.2) is 9.84 Å². The summed E-state index contributed by atoms with van der Waals surface area (Å²) < 4.78 is 49.5. The average Bonchev–Trinajstić information content (AvgIpc) is 2.69. The number of sulfone groups is 1. The molecule has 1 fully saturated rings. The molecule has 1 saturated heterocycles. The summed E-state index contributed by atoms with van der Waals surface area (Å²) in [5.74, 6) is 0.163. The third-order valence-corrected chi connectivity index (χ3v) is 7.93. The van der Waals surface area contributed by atoms with E-state index in [1.165, 1.54) is 4.31 Å². The molecule has 1 rings (SSSR count). The molecule has 0 N–H and O–H groups in total. The summed E-state index contributed by atoms with van der Waals surface area (Å²) in [5.41, 5.74) is 0. The second-order valence-corrected chi connectivity index (χ2v) is 10.1. The van der Waals surface area contributed by atoms with Gasteiger partial charge in [0.2, 0.25) is 10.0 Å². The Morgan fingerprint density at radius 1 is 1.40 bits per heavy atom. The fourth-order valence-corrected chi connectivity index (χ4v) is 6.50. The Kier molecular flexibility index (Phi) is 6.76. The number of unbranched alkanes of at least 4 members (excludes halogenated alkanes) is 1. The van der Waals surface area contributed by atoms with Gasteiger partial charge in [-0.3, -0.25) is 0 Å². The molecule has 2 unspecified atom stereocenters. The van der Waals surface area contributed by atoms with Crippen LogP contribution in [-0.4, -0.2) is 56.9 Å². The van der Waals surface area contributed by atoms with Crippen LogP contribution in [0, 0.1) is 5.92 Å². The molecule has 0 amide bonds. The van der Waals surface area contributed by atoms with Gasteiger partial charge < -0.3 is 0 Å². The van der Waals surface area contributed by atoms with Crippen LogP contribution in [0.1, 0.15) is 33.1 Å². The number of nitrogens with zero attached hydrogens (tertiary/aromatic N) is 1. The van der Waals surface area contributed by atoms with Crippen molar-refractivity contribution in [3.8, 4) is 0 Å². The van der Waals surface area contributed by atoms with Crippen LogP contribution in [-0.2, 0) is 19.9 Å². The largest absolute Gasteiger partial charge is 0.229 e. The van der Waals surface area contributed by atoms with Gasteiger partial charge in [-0.2, -0.15) is 4.31 Å². The molecule has 0 aromatic rings. The van der Waals surface area contributed by atoms with Gasteiger partial charge in [-0.1, -0.05) is 20.3 Å². The number of halogens is 1. The first-order valence-electron chi connectivity index (χ1n) is 6.97. The first-order valence-corrected chi connectivity index (χ1v) is 10.9. The highest BCUT2D eigenvalue weighted by Crippen LogP contribution is 2.22. The van der Waals surface area contributed by atoms with E-state index in [2.05, 4.69) is 0 Å². The molecule has 1 aliphatic rings. The summed E-state index contributed by atoms with van der Waals surface area (Å²) in [5, 5.41) is 0. The van der Waals surface area contributed by atoms with Crippen molar-refractivity contribution < 1.29 is 16.8 Å². The van der Waals surface area contributed by atoms with Crippen molar-refractivity contribution >= 4 is 31.5 Å². The number of alkyl halides is 1. The Hall–Kier alpha value is 0.150. The van der Waals surface area contributed by atoms with Gasteiger partial charge >= 0.3 is 0 Å². The molecule has 8 heteroatoms. The summed E-state index contributed by atoms with van der Waals surface area (Å²) in [6.07, 6.45) is 2.02. The minimum Gasteiger partial charge on any atom is -0.229 e. The topological polar surface area (TPSA) is 71.5 Å². The van der Waals surface area contributed by atoms with E-state index < -0.39 is 25.9 Å². The third kappa shape index (κ3) is 5.16. The Morgan fingerprint density at radius 2 is 2.05 bits per heavy atom. The van der Waals surface area contributed by atoms with Crippen molar-refractivity contribution in [3.63, 3.8) is 0 Å². The molecule has 5 nitrogen and oxygen atoms in total. The molecule has 0 aromatic heterocycles. The summed E-state index contributed by atoms with van der Waals surface area (Å²) in [6, 6.07) is -0.404. The zero-order valence-electron chi connectivity index (χ0n) is 12.1. The van der Waals surface area contributed by atoms with Gasteiger partial charge in [0.1, 0.15) is 0 Å². The third-order valence-electron chi connectivity index (χ3n) is 3.46. The van der Waals surface area contributed by atoms with Crippen LogP contribution in [0.5, 0.6) is 0 Å². The molecule has 1 aliphatic heterocycles. The van der Waals surface area contributed by atoms with E-state index >= 15 is 0 Å². The minimum absolute atomic E-state index is 0.0171. The van der Waals surface area contributed by atoms with Gasteiger partial charge in [-0.25, -0.2) is 16.8 Å². The molecule has 2 atom stereocenters. The van der Waals surface area contributed by atoms with E-state index in [1.54, 1.807) is 6.92 Å². The molecule has 1 heterocycles. The van der Waals surface area contributed by atoms with Crippen LogP contribution >= 0.6 is 11.6 Å². The SMILES string of the molecule is CCCCN(C1CCS(=O)(=O)C1)S(=O)(=O)CC(C)CCl. The maximum Gasteiger partial charge on any atom is 0.214 e. The van der Waals surface area contributed by atoms with E-state index in [9.17, 15) is 16.8 Å². The van der Waals surface area contributed by atoms with Crippen molar-refractivity contribution in [1.29, 1.82) is 0 Å². The molecule has 20 heavy (non-hydrogen) atoms. The number of hydrogen-bond acceptors (Lipinski definition) is 4.